The zero-order valence-electron chi connectivity index (χ0n) is 9.90. The summed E-state index contributed by atoms with van der Waals surface area (Å²) in [6.07, 6.45) is -0.137. The van der Waals surface area contributed by atoms with E-state index in [1.807, 2.05) is 6.92 Å². The van der Waals surface area contributed by atoms with Gasteiger partial charge in [-0.3, -0.25) is 0 Å². The van der Waals surface area contributed by atoms with Crippen molar-refractivity contribution < 1.29 is 18.7 Å². The first-order valence-electron chi connectivity index (χ1n) is 5.75. The lowest BCUT2D eigenvalue weighted by atomic mass is 9.92. The van der Waals surface area contributed by atoms with Gasteiger partial charge >= 0.3 is 5.97 Å². The first-order chi connectivity index (χ1) is 8.15. The van der Waals surface area contributed by atoms with E-state index in [0.717, 1.165) is 0 Å². The van der Waals surface area contributed by atoms with E-state index >= 15 is 0 Å². The fourth-order valence-corrected chi connectivity index (χ4v) is 2.10. The van der Waals surface area contributed by atoms with Crippen LogP contribution in [0.5, 0.6) is 0 Å². The topological polar surface area (TPSA) is 38.8 Å². The highest BCUT2D eigenvalue weighted by molar-refractivity contribution is 5.80. The Labute approximate surface area is 99.5 Å². The molecule has 4 heteroatoms. The predicted molar refractivity (Wildman–Crippen MR) is 59.9 cm³/mol. The Hall–Kier alpha value is -1.42. The van der Waals surface area contributed by atoms with Crippen LogP contribution in [-0.2, 0) is 19.9 Å². The normalized spacial score (nSPS) is 26.6. The van der Waals surface area contributed by atoms with Crippen LogP contribution in [0.4, 0.5) is 4.39 Å². The van der Waals surface area contributed by atoms with Crippen LogP contribution in [-0.4, -0.2) is 18.7 Å². The Morgan fingerprint density at radius 1 is 1.47 bits per heavy atom. The second kappa shape index (κ2) is 4.45. The molecule has 1 saturated heterocycles. The lowest BCUT2D eigenvalue weighted by molar-refractivity contribution is -0.144. The lowest BCUT2D eigenvalue weighted by Gasteiger charge is -2.11. The average molecular weight is 238 g/mol. The zero-order chi connectivity index (χ0) is 12.5. The van der Waals surface area contributed by atoms with Crippen LogP contribution in [0.25, 0.3) is 0 Å². The van der Waals surface area contributed by atoms with Gasteiger partial charge in [0, 0.05) is 5.56 Å². The molecule has 1 aliphatic heterocycles. The van der Waals surface area contributed by atoms with Crippen molar-refractivity contribution in [2.75, 3.05) is 6.61 Å². The molecule has 0 amide bonds. The molecule has 1 aliphatic rings. The highest BCUT2D eigenvalue weighted by Crippen LogP contribution is 2.50. The van der Waals surface area contributed by atoms with Gasteiger partial charge in [0.25, 0.3) is 0 Å². The minimum absolute atomic E-state index is 0.301. The minimum atomic E-state index is -0.836. The summed E-state index contributed by atoms with van der Waals surface area (Å²) >= 11 is 0. The molecule has 0 radical (unpaired) electrons. The van der Waals surface area contributed by atoms with Gasteiger partial charge in [-0.2, -0.15) is 0 Å². The van der Waals surface area contributed by atoms with Gasteiger partial charge in [-0.25, -0.2) is 9.18 Å². The van der Waals surface area contributed by atoms with Crippen molar-refractivity contribution in [1.82, 2.24) is 0 Å². The maximum absolute atomic E-state index is 13.7. The van der Waals surface area contributed by atoms with E-state index in [4.69, 9.17) is 9.47 Å². The van der Waals surface area contributed by atoms with Gasteiger partial charge in [0.05, 0.1) is 6.61 Å². The molecule has 1 heterocycles. The molecule has 92 valence electrons. The molecule has 3 nitrogen and oxygen atoms in total. The van der Waals surface area contributed by atoms with Gasteiger partial charge in [0.15, 0.2) is 6.10 Å². The van der Waals surface area contributed by atoms with Crippen LogP contribution in [0.15, 0.2) is 24.3 Å². The van der Waals surface area contributed by atoms with Crippen molar-refractivity contribution in [3.05, 3.63) is 35.6 Å². The molecular formula is C13H15FO3. The molecular weight excluding hydrogens is 223 g/mol. The third kappa shape index (κ3) is 1.93. The monoisotopic (exact) mass is 238 g/mol. The summed E-state index contributed by atoms with van der Waals surface area (Å²) in [5.41, 5.74) is -0.405. The van der Waals surface area contributed by atoms with E-state index in [1.54, 1.807) is 25.1 Å². The smallest absolute Gasteiger partial charge is 0.338 e. The van der Waals surface area contributed by atoms with Gasteiger partial charge in [-0.1, -0.05) is 25.1 Å². The Bertz CT molecular complexity index is 432. The summed E-state index contributed by atoms with van der Waals surface area (Å²) in [5, 5.41) is 0. The number of rotatable bonds is 4. The van der Waals surface area contributed by atoms with Gasteiger partial charge in [-0.05, 0) is 19.4 Å². The van der Waals surface area contributed by atoms with Crippen molar-refractivity contribution in [1.29, 1.82) is 0 Å². The molecule has 0 saturated carbocycles. The average Bonchev–Trinajstić information content (AvgIpc) is 3.06. The van der Waals surface area contributed by atoms with Crippen LogP contribution in [0.1, 0.15) is 25.8 Å². The molecule has 1 fully saturated rings. The number of carbonyl (C=O) groups is 1. The number of hydrogen-bond acceptors (Lipinski definition) is 3. The summed E-state index contributed by atoms with van der Waals surface area (Å²) in [6.45, 7) is 3.90. The van der Waals surface area contributed by atoms with Crippen molar-refractivity contribution in [3.8, 4) is 0 Å². The van der Waals surface area contributed by atoms with Crippen molar-refractivity contribution in [3.63, 3.8) is 0 Å². The Kier molecular flexibility index (Phi) is 3.15. The van der Waals surface area contributed by atoms with Crippen LogP contribution in [0, 0.1) is 5.82 Å². The summed E-state index contributed by atoms with van der Waals surface area (Å²) in [4.78, 5) is 11.6. The van der Waals surface area contributed by atoms with Gasteiger partial charge in [0.2, 0.25) is 0 Å². The van der Waals surface area contributed by atoms with Gasteiger partial charge in [-0.15, -0.1) is 0 Å². The Balaban J connectivity index is 2.25. The maximum atomic E-state index is 13.7. The predicted octanol–water partition coefficient (Wildman–Crippen LogP) is 2.39. The molecule has 0 N–H and O–H groups in total. The number of halogens is 1. The summed E-state index contributed by atoms with van der Waals surface area (Å²) < 4.78 is 24.0. The molecule has 2 rings (SSSR count). The van der Waals surface area contributed by atoms with Crippen LogP contribution >= 0.6 is 0 Å². The Morgan fingerprint density at radius 3 is 2.76 bits per heavy atom. The first kappa shape index (κ1) is 12.0. The van der Waals surface area contributed by atoms with E-state index in [-0.39, 0.29) is 5.82 Å². The van der Waals surface area contributed by atoms with Crippen molar-refractivity contribution in [2.24, 2.45) is 0 Å². The van der Waals surface area contributed by atoms with Gasteiger partial charge in [0.1, 0.15) is 11.4 Å². The SMILES string of the molecule is CCOC(=O)C1OC1(CC)c1ccccc1F. The highest BCUT2D eigenvalue weighted by Gasteiger charge is 2.62. The van der Waals surface area contributed by atoms with Crippen LogP contribution in [0.3, 0.4) is 0 Å². The van der Waals surface area contributed by atoms with E-state index in [1.165, 1.54) is 6.07 Å². The second-order valence-electron chi connectivity index (χ2n) is 3.97. The number of hydrogen-bond donors (Lipinski definition) is 0. The number of carbonyl (C=O) groups excluding carboxylic acids is 1. The summed E-state index contributed by atoms with van der Waals surface area (Å²) in [6, 6.07) is 6.37. The summed E-state index contributed by atoms with van der Waals surface area (Å²) in [7, 11) is 0. The maximum Gasteiger partial charge on any atom is 0.338 e. The van der Waals surface area contributed by atoms with E-state index in [9.17, 15) is 9.18 Å². The fraction of sp³-hybridized carbons (Fsp3) is 0.462. The standard InChI is InChI=1S/C13H15FO3/c1-3-13(9-7-5-6-8-10(9)14)11(17-13)12(15)16-4-2/h5-8,11H,3-4H2,1-2H3. The molecule has 0 spiro atoms. The molecule has 0 aromatic heterocycles. The third-order valence-electron chi connectivity index (χ3n) is 3.05. The number of esters is 1. The van der Waals surface area contributed by atoms with Crippen molar-refractivity contribution >= 4 is 5.97 Å². The summed E-state index contributed by atoms with van der Waals surface area (Å²) in [5.74, 6) is -0.765. The molecule has 17 heavy (non-hydrogen) atoms. The van der Waals surface area contributed by atoms with Gasteiger partial charge < -0.3 is 9.47 Å². The second-order valence-corrected chi connectivity index (χ2v) is 3.97. The van der Waals surface area contributed by atoms with Crippen LogP contribution < -0.4 is 0 Å². The zero-order valence-corrected chi connectivity index (χ0v) is 9.90. The first-order valence-corrected chi connectivity index (χ1v) is 5.75. The van der Waals surface area contributed by atoms with E-state index in [0.29, 0.717) is 18.6 Å². The number of epoxide rings is 1. The third-order valence-corrected chi connectivity index (χ3v) is 3.05. The molecule has 1 aromatic carbocycles. The quantitative estimate of drug-likeness (QED) is 0.597. The lowest BCUT2D eigenvalue weighted by Crippen LogP contribution is -2.21. The fourth-order valence-electron chi connectivity index (χ4n) is 2.10. The molecule has 2 unspecified atom stereocenters. The highest BCUT2D eigenvalue weighted by atomic mass is 19.1. The number of ether oxygens (including phenoxy) is 2. The molecule has 2 atom stereocenters. The minimum Gasteiger partial charge on any atom is -0.464 e. The molecule has 0 aliphatic carbocycles. The van der Waals surface area contributed by atoms with Crippen LogP contribution in [0.2, 0.25) is 0 Å². The van der Waals surface area contributed by atoms with Crippen molar-refractivity contribution in [2.45, 2.75) is 32.0 Å². The molecule has 1 aromatic rings. The van der Waals surface area contributed by atoms with E-state index in [2.05, 4.69) is 0 Å². The van der Waals surface area contributed by atoms with E-state index < -0.39 is 17.7 Å². The molecule has 0 bridgehead atoms. The Morgan fingerprint density at radius 2 is 2.18 bits per heavy atom. The largest absolute Gasteiger partial charge is 0.464 e. The number of benzene rings is 1.